The Bertz CT molecular complexity index is 1020. The Morgan fingerprint density at radius 3 is 2.52 bits per heavy atom. The lowest BCUT2D eigenvalue weighted by molar-refractivity contribution is -0.112. The van der Waals surface area contributed by atoms with Crippen molar-refractivity contribution in [3.05, 3.63) is 41.0 Å². The van der Waals surface area contributed by atoms with Crippen LogP contribution in [0.2, 0.25) is 0 Å². The number of carbonyl (C=O) groups excluding carboxylic acids is 1. The molecule has 1 aromatic heterocycles. The van der Waals surface area contributed by atoms with Crippen molar-refractivity contribution in [2.45, 2.75) is 46.5 Å². The van der Waals surface area contributed by atoms with Gasteiger partial charge in [-0.15, -0.1) is 23.1 Å². The van der Waals surface area contributed by atoms with Crippen molar-refractivity contribution in [3.63, 3.8) is 0 Å². The summed E-state index contributed by atoms with van der Waals surface area (Å²) in [6.07, 6.45) is 7.55. The first-order chi connectivity index (χ1) is 14.0. The van der Waals surface area contributed by atoms with E-state index in [1.807, 2.05) is 11.3 Å². The molecule has 9 heteroatoms. The summed E-state index contributed by atoms with van der Waals surface area (Å²) in [4.78, 5) is 17.7. The van der Waals surface area contributed by atoms with Crippen LogP contribution in [-0.2, 0) is 21.1 Å². The molecule has 6 nitrogen and oxygen atoms in total. The SMILES string of the molecule is CSc1cnc(CC(=O)/C(=N/N2CCCC2)c2ccc(S(=O)(=O)C3CC3)cc2)s1. The van der Waals surface area contributed by atoms with E-state index < -0.39 is 9.84 Å². The zero-order valence-electron chi connectivity index (χ0n) is 16.2. The standard InChI is InChI=1S/C20H23N3O3S3/c1-27-19-13-21-18(28-19)12-17(24)20(22-23-10-2-3-11-23)14-4-6-15(7-5-14)29(25,26)16-8-9-16/h4-7,13,16H,2-3,8-12H2,1H3/b22-20+. The van der Waals surface area contributed by atoms with E-state index in [1.54, 1.807) is 42.2 Å². The molecule has 0 atom stereocenters. The molecule has 2 heterocycles. The molecular formula is C20H23N3O3S3. The van der Waals surface area contributed by atoms with Gasteiger partial charge in [-0.3, -0.25) is 9.80 Å². The summed E-state index contributed by atoms with van der Waals surface area (Å²) >= 11 is 3.12. The lowest BCUT2D eigenvalue weighted by Gasteiger charge is -2.14. The lowest BCUT2D eigenvalue weighted by Crippen LogP contribution is -2.23. The second-order valence-corrected chi connectivity index (χ2v) is 11.7. The summed E-state index contributed by atoms with van der Waals surface area (Å²) in [5, 5.41) is 7.08. The van der Waals surface area contributed by atoms with Crippen LogP contribution in [-0.4, -0.2) is 54.5 Å². The van der Waals surface area contributed by atoms with Crippen LogP contribution in [0.4, 0.5) is 0 Å². The third kappa shape index (κ3) is 4.73. The van der Waals surface area contributed by atoms with Gasteiger partial charge in [0, 0.05) is 18.7 Å². The van der Waals surface area contributed by atoms with Crippen LogP contribution in [0.5, 0.6) is 0 Å². The average Bonchev–Trinajstić information content (AvgIpc) is 3.29. The molecule has 0 N–H and O–H groups in total. The van der Waals surface area contributed by atoms with Gasteiger partial charge in [0.15, 0.2) is 15.6 Å². The van der Waals surface area contributed by atoms with Crippen molar-refractivity contribution in [2.75, 3.05) is 19.3 Å². The van der Waals surface area contributed by atoms with Crippen LogP contribution in [0.3, 0.4) is 0 Å². The maximum Gasteiger partial charge on any atom is 0.190 e. The van der Waals surface area contributed by atoms with E-state index in [2.05, 4.69) is 10.1 Å². The van der Waals surface area contributed by atoms with Crippen molar-refractivity contribution in [3.8, 4) is 0 Å². The zero-order valence-corrected chi connectivity index (χ0v) is 18.7. The molecule has 1 aliphatic carbocycles. The number of Topliss-reactive ketones (excluding diaryl/α,β-unsaturated/α-hetero) is 1. The summed E-state index contributed by atoms with van der Waals surface area (Å²) in [6.45, 7) is 1.66. The molecule has 1 saturated carbocycles. The summed E-state index contributed by atoms with van der Waals surface area (Å²) in [6, 6.07) is 6.62. The Balaban J connectivity index is 1.60. The normalized spacial score (nSPS) is 17.7. The van der Waals surface area contributed by atoms with Crippen LogP contribution in [0, 0.1) is 0 Å². The molecule has 29 heavy (non-hydrogen) atoms. The Morgan fingerprint density at radius 1 is 1.24 bits per heavy atom. The van der Waals surface area contributed by atoms with Crippen LogP contribution in [0.25, 0.3) is 0 Å². The number of thiazole rings is 1. The van der Waals surface area contributed by atoms with Crippen molar-refractivity contribution in [1.82, 2.24) is 9.99 Å². The highest BCUT2D eigenvalue weighted by Crippen LogP contribution is 2.33. The number of hydrogen-bond donors (Lipinski definition) is 0. The average molecular weight is 450 g/mol. The molecular weight excluding hydrogens is 426 g/mol. The third-order valence-corrected chi connectivity index (χ3v) is 9.38. The van der Waals surface area contributed by atoms with Gasteiger partial charge in [0.25, 0.3) is 0 Å². The number of sulfone groups is 1. The van der Waals surface area contributed by atoms with Crippen molar-refractivity contribution >= 4 is 44.4 Å². The molecule has 0 radical (unpaired) electrons. The van der Waals surface area contributed by atoms with E-state index in [0.29, 0.717) is 16.2 Å². The molecule has 0 unspecified atom stereocenters. The van der Waals surface area contributed by atoms with Gasteiger partial charge in [-0.05, 0) is 44.1 Å². The third-order valence-electron chi connectivity index (χ3n) is 5.05. The highest BCUT2D eigenvalue weighted by atomic mass is 32.2. The van der Waals surface area contributed by atoms with Crippen molar-refractivity contribution in [2.24, 2.45) is 5.10 Å². The molecule has 0 spiro atoms. The number of hydrazone groups is 1. The fraction of sp³-hybridized carbons (Fsp3) is 0.450. The molecule has 2 aliphatic rings. The van der Waals surface area contributed by atoms with Gasteiger partial charge in [0.05, 0.1) is 27.0 Å². The van der Waals surface area contributed by atoms with Gasteiger partial charge in [-0.25, -0.2) is 13.4 Å². The van der Waals surface area contributed by atoms with E-state index in [-0.39, 0.29) is 17.5 Å². The first-order valence-corrected chi connectivity index (χ1v) is 13.3. The number of thioether (sulfide) groups is 1. The number of carbonyl (C=O) groups is 1. The first-order valence-electron chi connectivity index (χ1n) is 9.67. The van der Waals surface area contributed by atoms with Gasteiger partial charge in [0.1, 0.15) is 10.7 Å². The lowest BCUT2D eigenvalue weighted by atomic mass is 10.0. The minimum atomic E-state index is -3.25. The molecule has 2 aromatic rings. The Morgan fingerprint density at radius 2 is 1.93 bits per heavy atom. The molecule has 0 amide bonds. The highest BCUT2D eigenvalue weighted by molar-refractivity contribution is 8.00. The summed E-state index contributed by atoms with van der Waals surface area (Å²) in [5.41, 5.74) is 1.03. The van der Waals surface area contributed by atoms with Gasteiger partial charge >= 0.3 is 0 Å². The number of hydrogen-bond acceptors (Lipinski definition) is 8. The molecule has 1 aromatic carbocycles. The van der Waals surface area contributed by atoms with Crippen LogP contribution in [0.15, 0.2) is 44.7 Å². The van der Waals surface area contributed by atoms with E-state index >= 15 is 0 Å². The van der Waals surface area contributed by atoms with E-state index in [1.165, 1.54) is 11.3 Å². The molecule has 1 aliphatic heterocycles. The second kappa shape index (κ2) is 8.57. The molecule has 154 valence electrons. The maximum atomic E-state index is 13.1. The highest BCUT2D eigenvalue weighted by Gasteiger charge is 2.36. The largest absolute Gasteiger partial charge is 0.296 e. The fourth-order valence-corrected chi connectivity index (χ4v) is 6.36. The predicted octanol–water partition coefficient (Wildman–Crippen LogP) is 3.41. The Hall–Kier alpha value is -1.71. The van der Waals surface area contributed by atoms with Crippen LogP contribution in [0.1, 0.15) is 36.3 Å². The van der Waals surface area contributed by atoms with Crippen LogP contribution < -0.4 is 0 Å². The summed E-state index contributed by atoms with van der Waals surface area (Å²) in [5.74, 6) is -0.100. The minimum Gasteiger partial charge on any atom is -0.296 e. The zero-order chi connectivity index (χ0) is 20.4. The molecule has 0 bridgehead atoms. The minimum absolute atomic E-state index is 0.100. The van der Waals surface area contributed by atoms with Gasteiger partial charge in [-0.2, -0.15) is 5.10 Å². The number of nitrogens with zero attached hydrogens (tertiary/aromatic N) is 3. The van der Waals surface area contributed by atoms with Crippen molar-refractivity contribution < 1.29 is 13.2 Å². The monoisotopic (exact) mass is 449 g/mol. The number of ketones is 1. The maximum absolute atomic E-state index is 13.1. The number of rotatable bonds is 8. The van der Waals surface area contributed by atoms with Gasteiger partial charge < -0.3 is 0 Å². The molecule has 2 fully saturated rings. The number of benzene rings is 1. The topological polar surface area (TPSA) is 79.7 Å². The quantitative estimate of drug-likeness (QED) is 0.454. The van der Waals surface area contributed by atoms with Crippen LogP contribution >= 0.6 is 23.1 Å². The Labute approximate surface area is 179 Å². The smallest absolute Gasteiger partial charge is 0.190 e. The van der Waals surface area contributed by atoms with E-state index in [0.717, 1.165) is 48.0 Å². The van der Waals surface area contributed by atoms with Gasteiger partial charge in [0.2, 0.25) is 0 Å². The first kappa shape index (κ1) is 20.6. The van der Waals surface area contributed by atoms with E-state index in [4.69, 9.17) is 0 Å². The van der Waals surface area contributed by atoms with Gasteiger partial charge in [-0.1, -0.05) is 12.1 Å². The molecule has 4 rings (SSSR count). The second-order valence-electron chi connectivity index (χ2n) is 7.26. The summed E-state index contributed by atoms with van der Waals surface area (Å²) in [7, 11) is -3.25. The van der Waals surface area contributed by atoms with Crippen molar-refractivity contribution in [1.29, 1.82) is 0 Å². The fourth-order valence-electron chi connectivity index (χ4n) is 3.28. The Kier molecular flexibility index (Phi) is 6.08. The number of aromatic nitrogens is 1. The summed E-state index contributed by atoms with van der Waals surface area (Å²) < 4.78 is 26.0. The van der Waals surface area contributed by atoms with E-state index in [9.17, 15) is 13.2 Å². The molecule has 1 saturated heterocycles. The predicted molar refractivity (Wildman–Crippen MR) is 117 cm³/mol.